The fourth-order valence-electron chi connectivity index (χ4n) is 0.762. The van der Waals surface area contributed by atoms with Crippen LogP contribution in [0.25, 0.3) is 0 Å². The summed E-state index contributed by atoms with van der Waals surface area (Å²) < 4.78 is 10.2. The summed E-state index contributed by atoms with van der Waals surface area (Å²) in [5.74, 6) is 3.04. The van der Waals surface area contributed by atoms with Gasteiger partial charge < -0.3 is 15.2 Å². The van der Waals surface area contributed by atoms with E-state index in [2.05, 4.69) is 11.8 Å². The number of carbonyl (C=O) groups excluding carboxylic acids is 1. The van der Waals surface area contributed by atoms with Crippen molar-refractivity contribution in [1.29, 1.82) is 0 Å². The normalized spacial score (nSPS) is 20.5. The summed E-state index contributed by atoms with van der Waals surface area (Å²) in [4.78, 5) is 10.2. The summed E-state index contributed by atoms with van der Waals surface area (Å²) in [5, 5.41) is 0. The Morgan fingerprint density at radius 2 is 2.09 bits per heavy atom. The second-order valence-corrected chi connectivity index (χ2v) is 2.26. The van der Waals surface area contributed by atoms with E-state index in [4.69, 9.17) is 15.2 Å². The molecule has 1 aliphatic rings. The maximum Gasteiger partial charge on any atom is 0.293 e. The van der Waals surface area contributed by atoms with E-state index in [1.54, 1.807) is 6.92 Å². The standard InChI is InChI=1S/C7H9NO3/c1-7(3-2-6(8)9)10-4-5-11-7/h4-5H2,1H3,(H2,8,9). The third-order valence-corrected chi connectivity index (χ3v) is 1.25. The fourth-order valence-corrected chi connectivity index (χ4v) is 0.762. The van der Waals surface area contributed by atoms with Crippen LogP contribution >= 0.6 is 0 Å². The molecule has 11 heavy (non-hydrogen) atoms. The van der Waals surface area contributed by atoms with Crippen LogP contribution in [0.2, 0.25) is 0 Å². The van der Waals surface area contributed by atoms with E-state index < -0.39 is 11.7 Å². The van der Waals surface area contributed by atoms with Gasteiger partial charge in [0.25, 0.3) is 5.91 Å². The van der Waals surface area contributed by atoms with Crippen LogP contribution in [0, 0.1) is 11.8 Å². The molecule has 0 aromatic carbocycles. The largest absolute Gasteiger partial charge is 0.359 e. The first-order valence-corrected chi connectivity index (χ1v) is 3.23. The van der Waals surface area contributed by atoms with Gasteiger partial charge in [0.15, 0.2) is 0 Å². The molecule has 0 aromatic heterocycles. The zero-order chi connectivity index (χ0) is 8.32. The SMILES string of the molecule is CC1(C#CC(N)=O)OCCO1. The van der Waals surface area contributed by atoms with Crippen molar-refractivity contribution in [1.82, 2.24) is 0 Å². The van der Waals surface area contributed by atoms with Crippen LogP contribution in [-0.4, -0.2) is 24.9 Å². The van der Waals surface area contributed by atoms with Gasteiger partial charge in [-0.05, 0) is 5.92 Å². The second kappa shape index (κ2) is 2.91. The van der Waals surface area contributed by atoms with Crippen molar-refractivity contribution in [2.24, 2.45) is 5.73 Å². The molecule has 4 nitrogen and oxygen atoms in total. The molecule has 1 aliphatic heterocycles. The predicted octanol–water partition coefficient (Wildman–Crippen LogP) is -0.762. The van der Waals surface area contributed by atoms with Crippen molar-refractivity contribution in [3.05, 3.63) is 0 Å². The molecular formula is C7H9NO3. The van der Waals surface area contributed by atoms with Crippen LogP contribution in [0.5, 0.6) is 0 Å². The molecule has 0 aromatic rings. The van der Waals surface area contributed by atoms with Gasteiger partial charge in [-0.1, -0.05) is 0 Å². The molecule has 0 unspecified atom stereocenters. The minimum absolute atomic E-state index is 0.504. The summed E-state index contributed by atoms with van der Waals surface area (Å²) >= 11 is 0. The van der Waals surface area contributed by atoms with Crippen molar-refractivity contribution >= 4 is 5.91 Å². The number of hydrogen-bond acceptors (Lipinski definition) is 3. The Morgan fingerprint density at radius 1 is 1.55 bits per heavy atom. The smallest absolute Gasteiger partial charge is 0.293 e. The van der Waals surface area contributed by atoms with Gasteiger partial charge in [0.2, 0.25) is 5.79 Å². The molecule has 2 N–H and O–H groups in total. The molecule has 4 heteroatoms. The minimum Gasteiger partial charge on any atom is -0.359 e. The van der Waals surface area contributed by atoms with E-state index in [1.807, 2.05) is 0 Å². The molecule has 1 heterocycles. The van der Waals surface area contributed by atoms with Crippen LogP contribution in [0.3, 0.4) is 0 Å². The van der Waals surface area contributed by atoms with Gasteiger partial charge >= 0.3 is 0 Å². The van der Waals surface area contributed by atoms with Gasteiger partial charge in [-0.3, -0.25) is 4.79 Å². The maximum absolute atomic E-state index is 10.2. The molecule has 60 valence electrons. The molecule has 0 saturated carbocycles. The first-order chi connectivity index (χ1) is 5.12. The van der Waals surface area contributed by atoms with Gasteiger partial charge in [-0.2, -0.15) is 0 Å². The highest BCUT2D eigenvalue weighted by molar-refractivity contribution is 5.92. The zero-order valence-corrected chi connectivity index (χ0v) is 6.22. The van der Waals surface area contributed by atoms with Crippen LogP contribution < -0.4 is 5.73 Å². The van der Waals surface area contributed by atoms with E-state index in [-0.39, 0.29) is 0 Å². The molecule has 1 saturated heterocycles. The van der Waals surface area contributed by atoms with Crippen molar-refractivity contribution in [2.45, 2.75) is 12.7 Å². The zero-order valence-electron chi connectivity index (χ0n) is 6.22. The minimum atomic E-state index is -0.935. The summed E-state index contributed by atoms with van der Waals surface area (Å²) in [7, 11) is 0. The Kier molecular flexibility index (Phi) is 2.13. The number of ether oxygens (including phenoxy) is 2. The maximum atomic E-state index is 10.2. The summed E-state index contributed by atoms with van der Waals surface area (Å²) in [5.41, 5.74) is 4.81. The second-order valence-electron chi connectivity index (χ2n) is 2.26. The average molecular weight is 155 g/mol. The molecule has 0 aliphatic carbocycles. The van der Waals surface area contributed by atoms with Gasteiger partial charge in [-0.25, -0.2) is 0 Å². The van der Waals surface area contributed by atoms with Gasteiger partial charge in [0.05, 0.1) is 13.2 Å². The van der Waals surface area contributed by atoms with Crippen LogP contribution in [-0.2, 0) is 14.3 Å². The molecule has 1 fully saturated rings. The predicted molar refractivity (Wildman–Crippen MR) is 37.3 cm³/mol. The summed E-state index contributed by atoms with van der Waals surface area (Å²) in [6.07, 6.45) is 0. The summed E-state index contributed by atoms with van der Waals surface area (Å²) in [6.45, 7) is 2.66. The molecular weight excluding hydrogens is 146 g/mol. The number of nitrogens with two attached hydrogens (primary N) is 1. The van der Waals surface area contributed by atoms with Gasteiger partial charge in [-0.15, -0.1) is 0 Å². The average Bonchev–Trinajstić information content (AvgIpc) is 2.33. The third-order valence-electron chi connectivity index (χ3n) is 1.25. The quantitative estimate of drug-likeness (QED) is 0.467. The monoisotopic (exact) mass is 155 g/mol. The van der Waals surface area contributed by atoms with Crippen molar-refractivity contribution in [3.63, 3.8) is 0 Å². The Morgan fingerprint density at radius 3 is 2.55 bits per heavy atom. The van der Waals surface area contributed by atoms with Crippen LogP contribution in [0.4, 0.5) is 0 Å². The van der Waals surface area contributed by atoms with Gasteiger partial charge in [0, 0.05) is 12.8 Å². The highest BCUT2D eigenvalue weighted by atomic mass is 16.7. The molecule has 0 atom stereocenters. The lowest BCUT2D eigenvalue weighted by Crippen LogP contribution is -2.23. The van der Waals surface area contributed by atoms with E-state index in [0.29, 0.717) is 13.2 Å². The lowest BCUT2D eigenvalue weighted by Gasteiger charge is -2.13. The van der Waals surface area contributed by atoms with Crippen molar-refractivity contribution in [2.75, 3.05) is 13.2 Å². The fraction of sp³-hybridized carbons (Fsp3) is 0.571. The number of primary amides is 1. The van der Waals surface area contributed by atoms with E-state index >= 15 is 0 Å². The Balaban J connectivity index is 2.61. The molecule has 0 spiro atoms. The Hall–Kier alpha value is -1.05. The molecule has 0 radical (unpaired) electrons. The van der Waals surface area contributed by atoms with Crippen LogP contribution in [0.1, 0.15) is 6.92 Å². The first kappa shape index (κ1) is 8.05. The number of carbonyl (C=O) groups is 1. The van der Waals surface area contributed by atoms with Crippen molar-refractivity contribution < 1.29 is 14.3 Å². The topological polar surface area (TPSA) is 61.6 Å². The Labute approximate surface area is 64.7 Å². The number of amides is 1. The van der Waals surface area contributed by atoms with E-state index in [0.717, 1.165) is 0 Å². The first-order valence-electron chi connectivity index (χ1n) is 3.23. The lowest BCUT2D eigenvalue weighted by molar-refractivity contribution is -0.113. The van der Waals surface area contributed by atoms with Gasteiger partial charge in [0.1, 0.15) is 0 Å². The molecule has 1 rings (SSSR count). The highest BCUT2D eigenvalue weighted by Gasteiger charge is 2.28. The van der Waals surface area contributed by atoms with Crippen molar-refractivity contribution in [3.8, 4) is 11.8 Å². The lowest BCUT2D eigenvalue weighted by atomic mass is 10.3. The number of hydrogen-bond donors (Lipinski definition) is 1. The van der Waals surface area contributed by atoms with E-state index in [1.165, 1.54) is 0 Å². The highest BCUT2D eigenvalue weighted by Crippen LogP contribution is 2.16. The Bertz CT molecular complexity index is 220. The third kappa shape index (κ3) is 2.22. The summed E-state index contributed by atoms with van der Waals surface area (Å²) in [6, 6.07) is 0. The molecule has 0 bridgehead atoms. The van der Waals surface area contributed by atoms with E-state index in [9.17, 15) is 4.79 Å². The van der Waals surface area contributed by atoms with Crippen LogP contribution in [0.15, 0.2) is 0 Å². The number of rotatable bonds is 0. The molecule has 1 amide bonds.